The van der Waals surface area contributed by atoms with E-state index in [9.17, 15) is 0 Å². The van der Waals surface area contributed by atoms with Gasteiger partial charge in [0, 0.05) is 11.8 Å². The molecule has 4 atom stereocenters. The lowest BCUT2D eigenvalue weighted by Gasteiger charge is -2.45. The van der Waals surface area contributed by atoms with Crippen LogP contribution in [0, 0.1) is 5.41 Å². The van der Waals surface area contributed by atoms with Gasteiger partial charge in [0.1, 0.15) is 5.60 Å². The summed E-state index contributed by atoms with van der Waals surface area (Å²) in [5.41, 5.74) is 0.165. The molecule has 0 aromatic carbocycles. The van der Waals surface area contributed by atoms with Crippen LogP contribution < -0.4 is 0 Å². The third-order valence-corrected chi connectivity index (χ3v) is 4.65. The van der Waals surface area contributed by atoms with Crippen molar-refractivity contribution in [2.45, 2.75) is 50.1 Å². The predicted molar refractivity (Wildman–Crippen MR) is 53.1 cm³/mol. The van der Waals surface area contributed by atoms with Gasteiger partial charge in [0.05, 0.1) is 19.0 Å². The van der Waals surface area contributed by atoms with Gasteiger partial charge in [-0.05, 0) is 18.9 Å². The van der Waals surface area contributed by atoms with Crippen LogP contribution in [-0.2, 0) is 14.2 Å². The monoisotopic (exact) mass is 208 g/mol. The Hall–Kier alpha value is -0.540. The maximum atomic E-state index is 6.10. The van der Waals surface area contributed by atoms with Gasteiger partial charge in [-0.25, -0.2) is 0 Å². The lowest BCUT2D eigenvalue weighted by atomic mass is 9.61. The summed E-state index contributed by atoms with van der Waals surface area (Å²) in [6.07, 6.45) is 10.4. The fraction of sp³-hybridized carbons (Fsp3) is 0.833. The fourth-order valence-electron chi connectivity index (χ4n) is 3.85. The van der Waals surface area contributed by atoms with E-state index in [0.29, 0.717) is 6.10 Å². The molecule has 3 aliphatic heterocycles. The molecule has 4 rings (SSSR count). The highest BCUT2D eigenvalue weighted by molar-refractivity contribution is 5.22. The molecule has 1 spiro atoms. The Labute approximate surface area is 89.4 Å². The summed E-state index contributed by atoms with van der Waals surface area (Å²) in [7, 11) is 0. The highest BCUT2D eigenvalue weighted by Crippen LogP contribution is 2.62. The van der Waals surface area contributed by atoms with Crippen molar-refractivity contribution in [3.05, 3.63) is 12.3 Å². The molecule has 82 valence electrons. The molecular weight excluding hydrogens is 192 g/mol. The van der Waals surface area contributed by atoms with E-state index >= 15 is 0 Å². The van der Waals surface area contributed by atoms with Crippen LogP contribution in [0.15, 0.2) is 12.3 Å². The molecule has 4 aliphatic rings. The van der Waals surface area contributed by atoms with Crippen LogP contribution in [0.1, 0.15) is 32.1 Å². The van der Waals surface area contributed by atoms with E-state index in [2.05, 4.69) is 6.08 Å². The molecule has 0 N–H and O–H groups in total. The van der Waals surface area contributed by atoms with Gasteiger partial charge in [-0.1, -0.05) is 12.8 Å². The largest absolute Gasteiger partial charge is 0.473 e. The normalized spacial score (nSPS) is 56.0. The van der Waals surface area contributed by atoms with Crippen LogP contribution >= 0.6 is 0 Å². The average Bonchev–Trinajstić information content (AvgIpc) is 3.03. The minimum Gasteiger partial charge on any atom is -0.473 e. The van der Waals surface area contributed by atoms with Gasteiger partial charge in [-0.15, -0.1) is 0 Å². The Morgan fingerprint density at radius 3 is 2.93 bits per heavy atom. The van der Waals surface area contributed by atoms with Crippen molar-refractivity contribution in [3.63, 3.8) is 0 Å². The van der Waals surface area contributed by atoms with Gasteiger partial charge in [-0.2, -0.15) is 0 Å². The molecule has 0 radical (unpaired) electrons. The summed E-state index contributed by atoms with van der Waals surface area (Å²) in [6, 6.07) is 0. The summed E-state index contributed by atoms with van der Waals surface area (Å²) in [4.78, 5) is 0. The van der Waals surface area contributed by atoms with Crippen molar-refractivity contribution >= 4 is 0 Å². The van der Waals surface area contributed by atoms with Gasteiger partial charge in [0.25, 0.3) is 0 Å². The SMILES string of the molecule is C1=C[C@]23CCCCC2(C2CO2)C[C@H](O1)O3. The molecule has 0 aromatic rings. The van der Waals surface area contributed by atoms with Crippen LogP contribution in [0.25, 0.3) is 0 Å². The molecule has 0 amide bonds. The topological polar surface area (TPSA) is 31.0 Å². The number of hydrogen-bond acceptors (Lipinski definition) is 3. The zero-order valence-corrected chi connectivity index (χ0v) is 8.78. The third-order valence-electron chi connectivity index (χ3n) is 4.65. The zero-order valence-electron chi connectivity index (χ0n) is 8.78. The highest BCUT2D eigenvalue weighted by Gasteiger charge is 2.67. The Morgan fingerprint density at radius 1 is 1.20 bits per heavy atom. The van der Waals surface area contributed by atoms with Crippen molar-refractivity contribution in [1.29, 1.82) is 0 Å². The van der Waals surface area contributed by atoms with Crippen molar-refractivity contribution in [2.75, 3.05) is 6.61 Å². The lowest BCUT2D eigenvalue weighted by Crippen LogP contribution is -2.50. The smallest absolute Gasteiger partial charge is 0.200 e. The van der Waals surface area contributed by atoms with Crippen molar-refractivity contribution < 1.29 is 14.2 Å². The number of rotatable bonds is 1. The van der Waals surface area contributed by atoms with E-state index in [1.807, 2.05) is 6.26 Å². The first-order valence-corrected chi connectivity index (χ1v) is 5.97. The second kappa shape index (κ2) is 2.58. The van der Waals surface area contributed by atoms with E-state index in [4.69, 9.17) is 14.2 Å². The van der Waals surface area contributed by atoms with Gasteiger partial charge in [-0.3, -0.25) is 0 Å². The number of hydrogen-bond donors (Lipinski definition) is 0. The van der Waals surface area contributed by atoms with E-state index < -0.39 is 0 Å². The van der Waals surface area contributed by atoms with Crippen LogP contribution in [0.3, 0.4) is 0 Å². The van der Waals surface area contributed by atoms with E-state index in [1.165, 1.54) is 19.3 Å². The molecule has 3 heteroatoms. The number of epoxide rings is 1. The molecule has 15 heavy (non-hydrogen) atoms. The van der Waals surface area contributed by atoms with Gasteiger partial charge >= 0.3 is 0 Å². The van der Waals surface area contributed by atoms with Crippen LogP contribution in [-0.4, -0.2) is 24.6 Å². The molecule has 3 heterocycles. The first-order valence-electron chi connectivity index (χ1n) is 5.97. The predicted octanol–water partition coefficient (Wildman–Crippen LogP) is 1.97. The molecule has 2 unspecified atom stereocenters. The Balaban J connectivity index is 1.82. The van der Waals surface area contributed by atoms with Crippen LogP contribution in [0.5, 0.6) is 0 Å². The highest BCUT2D eigenvalue weighted by atomic mass is 16.7. The first kappa shape index (κ1) is 8.59. The maximum absolute atomic E-state index is 6.10. The van der Waals surface area contributed by atoms with Crippen LogP contribution in [0.4, 0.5) is 0 Å². The Kier molecular flexibility index (Phi) is 1.48. The van der Waals surface area contributed by atoms with Crippen molar-refractivity contribution in [1.82, 2.24) is 0 Å². The van der Waals surface area contributed by atoms with E-state index in [1.54, 1.807) is 0 Å². The number of ether oxygens (including phenoxy) is 3. The molecule has 2 bridgehead atoms. The second-order valence-corrected chi connectivity index (χ2v) is 5.27. The number of fused-ring (bicyclic) bond motifs is 1. The van der Waals surface area contributed by atoms with Gasteiger partial charge in [0.15, 0.2) is 0 Å². The molecule has 1 saturated carbocycles. The summed E-state index contributed by atoms with van der Waals surface area (Å²) < 4.78 is 17.2. The lowest BCUT2D eigenvalue weighted by molar-refractivity contribution is -0.164. The molecule has 3 nitrogen and oxygen atoms in total. The standard InChI is InChI=1S/C12H16O3/c1-2-4-12-5-6-13-10(15-12)7-11(12,3-1)9-8-14-9/h5-6,9-10H,1-4,7-8H2/t9?,10-,11?,12-/m1/s1. The fourth-order valence-corrected chi connectivity index (χ4v) is 3.85. The minimum absolute atomic E-state index is 0.0164. The third kappa shape index (κ3) is 0.936. The van der Waals surface area contributed by atoms with Crippen LogP contribution in [0.2, 0.25) is 0 Å². The van der Waals surface area contributed by atoms with Gasteiger partial charge < -0.3 is 14.2 Å². The van der Waals surface area contributed by atoms with E-state index in [-0.39, 0.29) is 17.3 Å². The second-order valence-electron chi connectivity index (χ2n) is 5.27. The molecule has 3 fully saturated rings. The van der Waals surface area contributed by atoms with Gasteiger partial charge in [0.2, 0.25) is 6.29 Å². The Morgan fingerprint density at radius 2 is 2.07 bits per heavy atom. The zero-order chi connectivity index (χ0) is 9.93. The minimum atomic E-state index is -0.0602. The van der Waals surface area contributed by atoms with Crippen molar-refractivity contribution in [2.24, 2.45) is 5.41 Å². The molecular formula is C12H16O3. The van der Waals surface area contributed by atoms with Crippen molar-refractivity contribution in [3.8, 4) is 0 Å². The molecule has 0 aromatic heterocycles. The summed E-state index contributed by atoms with van der Waals surface area (Å²) in [5.74, 6) is 0. The molecule has 1 aliphatic carbocycles. The summed E-state index contributed by atoms with van der Waals surface area (Å²) >= 11 is 0. The summed E-state index contributed by atoms with van der Waals surface area (Å²) in [5, 5.41) is 0. The first-order chi connectivity index (χ1) is 7.35. The average molecular weight is 208 g/mol. The Bertz CT molecular complexity index is 323. The van der Waals surface area contributed by atoms with E-state index in [0.717, 1.165) is 19.4 Å². The maximum Gasteiger partial charge on any atom is 0.200 e. The summed E-state index contributed by atoms with van der Waals surface area (Å²) in [6.45, 7) is 0.922. The molecule has 2 saturated heterocycles. The quantitative estimate of drug-likeness (QED) is 0.617.